The Hall–Kier alpha value is -3.62. The second kappa shape index (κ2) is 14.0. The Morgan fingerprint density at radius 2 is 1.66 bits per heavy atom. The van der Waals surface area contributed by atoms with Gasteiger partial charge in [-0.25, -0.2) is 4.79 Å². The van der Waals surface area contributed by atoms with E-state index in [1.807, 2.05) is 66.7 Å². The minimum Gasteiger partial charge on any atom is -0.456 e. The van der Waals surface area contributed by atoms with Gasteiger partial charge in [-0.1, -0.05) is 66.7 Å². The number of carbonyl (C=O) groups excluding carboxylic acids is 3. The molecule has 230 valence electrons. The number of fused-ring (bicyclic) bond motifs is 1. The van der Waals surface area contributed by atoms with Crippen molar-refractivity contribution < 1.29 is 38.8 Å². The van der Waals surface area contributed by atoms with Crippen LogP contribution in [0.1, 0.15) is 34.8 Å². The van der Waals surface area contributed by atoms with Crippen LogP contribution in [0, 0.1) is 3.57 Å². The minimum absolute atomic E-state index is 0.0313. The molecular weight excluding hydrogens is 679 g/mol. The summed E-state index contributed by atoms with van der Waals surface area (Å²) in [6.07, 6.45) is -2.16. The van der Waals surface area contributed by atoms with Gasteiger partial charge in [0.05, 0.1) is 18.3 Å². The minimum atomic E-state index is -1.36. The number of amides is 2. The number of aliphatic hydroxyl groups is 2. The Bertz CT molecular complexity index is 1470. The number of esters is 1. The highest BCUT2D eigenvalue weighted by Gasteiger charge is 2.55. The van der Waals surface area contributed by atoms with E-state index in [1.54, 1.807) is 24.3 Å². The molecular formula is C33H33IN2O8. The number of aliphatic hydroxyl groups excluding tert-OH is 2. The van der Waals surface area contributed by atoms with Crippen molar-refractivity contribution in [3.05, 3.63) is 117 Å². The molecule has 1 saturated heterocycles. The van der Waals surface area contributed by atoms with E-state index in [9.17, 15) is 19.5 Å². The number of halogens is 1. The molecule has 0 radical (unpaired) electrons. The van der Waals surface area contributed by atoms with Crippen LogP contribution < -0.4 is 10.6 Å². The average molecular weight is 713 g/mol. The predicted octanol–water partition coefficient (Wildman–Crippen LogP) is 2.81. The number of rotatable bonds is 10. The van der Waals surface area contributed by atoms with E-state index in [-0.39, 0.29) is 25.1 Å². The first-order valence-corrected chi connectivity index (χ1v) is 15.3. The third-order valence-corrected chi connectivity index (χ3v) is 8.13. The first kappa shape index (κ1) is 31.8. The third kappa shape index (κ3) is 6.87. The van der Waals surface area contributed by atoms with Crippen LogP contribution in [0.4, 0.5) is 0 Å². The highest BCUT2D eigenvalue weighted by atomic mass is 127. The Kier molecular flexibility index (Phi) is 10.1. The van der Waals surface area contributed by atoms with Crippen LogP contribution in [-0.2, 0) is 29.6 Å². The summed E-state index contributed by atoms with van der Waals surface area (Å²) in [7, 11) is 0. The van der Waals surface area contributed by atoms with Crippen molar-refractivity contribution in [3.63, 3.8) is 0 Å². The maximum atomic E-state index is 13.6. The lowest BCUT2D eigenvalue weighted by atomic mass is 9.91. The number of nitrogens with one attached hydrogen (secondary N) is 2. The van der Waals surface area contributed by atoms with Gasteiger partial charge >= 0.3 is 5.97 Å². The standard InChI is InChI=1S/C33H33IN2O8/c1-20(38)28(31(40)35-15-16-37)36-30(39)22-18-26(42-32(41)21-9-8-14-25(34)17-21)29-27(19-22)43-33(44-29,23-10-4-2-5-11-23)24-12-6-3-7-13-24/h2-14,17,19-20,26-29,37-38H,15-16,18H2,1H3,(H,35,40)(H,36,39)/t20-,26+,27+,28+,29-/m0/s1. The molecule has 5 atom stereocenters. The molecule has 0 bridgehead atoms. The quantitative estimate of drug-likeness (QED) is 0.186. The molecule has 0 saturated carbocycles. The maximum Gasteiger partial charge on any atom is 0.338 e. The molecule has 5 rings (SSSR count). The molecule has 0 unspecified atom stereocenters. The lowest BCUT2D eigenvalue weighted by Crippen LogP contribution is -2.54. The first-order valence-electron chi connectivity index (χ1n) is 14.2. The topological polar surface area (TPSA) is 143 Å². The molecule has 0 aromatic heterocycles. The van der Waals surface area contributed by atoms with E-state index < -0.39 is 54.0 Å². The zero-order valence-electron chi connectivity index (χ0n) is 23.9. The zero-order valence-corrected chi connectivity index (χ0v) is 26.0. The number of hydrogen-bond donors (Lipinski definition) is 4. The van der Waals surface area contributed by atoms with Crippen LogP contribution in [0.3, 0.4) is 0 Å². The molecule has 4 N–H and O–H groups in total. The summed E-state index contributed by atoms with van der Waals surface area (Å²) >= 11 is 2.11. The van der Waals surface area contributed by atoms with E-state index in [4.69, 9.17) is 19.3 Å². The molecule has 10 nitrogen and oxygen atoms in total. The van der Waals surface area contributed by atoms with Crippen molar-refractivity contribution in [2.24, 2.45) is 0 Å². The molecule has 1 aliphatic carbocycles. The van der Waals surface area contributed by atoms with Gasteiger partial charge in [-0.05, 0) is 53.8 Å². The van der Waals surface area contributed by atoms with Crippen molar-refractivity contribution in [1.29, 1.82) is 0 Å². The van der Waals surface area contributed by atoms with Gasteiger partial charge in [0.15, 0.2) is 0 Å². The lowest BCUT2D eigenvalue weighted by Gasteiger charge is -2.31. The van der Waals surface area contributed by atoms with Crippen molar-refractivity contribution in [2.45, 2.75) is 49.6 Å². The third-order valence-electron chi connectivity index (χ3n) is 7.46. The number of hydrogen-bond acceptors (Lipinski definition) is 8. The maximum absolute atomic E-state index is 13.6. The summed E-state index contributed by atoms with van der Waals surface area (Å²) in [5.74, 6) is -3.23. The van der Waals surface area contributed by atoms with Gasteiger partial charge in [-0.3, -0.25) is 9.59 Å². The fourth-order valence-electron chi connectivity index (χ4n) is 5.34. The van der Waals surface area contributed by atoms with E-state index in [2.05, 4.69) is 33.2 Å². The monoisotopic (exact) mass is 712 g/mol. The Morgan fingerprint density at radius 3 is 2.25 bits per heavy atom. The first-order chi connectivity index (χ1) is 21.2. The predicted molar refractivity (Wildman–Crippen MR) is 168 cm³/mol. The Balaban J connectivity index is 1.50. The van der Waals surface area contributed by atoms with Crippen LogP contribution in [0.25, 0.3) is 0 Å². The summed E-state index contributed by atoms with van der Waals surface area (Å²) in [4.78, 5) is 39.5. The fraction of sp³-hybridized carbons (Fsp3) is 0.303. The van der Waals surface area contributed by atoms with Crippen LogP contribution in [0.5, 0.6) is 0 Å². The van der Waals surface area contributed by atoms with Crippen molar-refractivity contribution in [1.82, 2.24) is 10.6 Å². The van der Waals surface area contributed by atoms with E-state index in [0.717, 1.165) is 14.7 Å². The SMILES string of the molecule is C[C@H](O)[C@@H](NC(=O)C1=C[C@H]2OC(c3ccccc3)(c3ccccc3)O[C@H]2[C@H](OC(=O)c2cccc(I)c2)C1)C(=O)NCCO. The molecule has 0 spiro atoms. The summed E-state index contributed by atoms with van der Waals surface area (Å²) in [5, 5.41) is 24.4. The van der Waals surface area contributed by atoms with E-state index in [1.165, 1.54) is 6.92 Å². The zero-order chi connectivity index (χ0) is 31.3. The molecule has 3 aromatic rings. The number of carbonyl (C=O) groups is 3. The van der Waals surface area contributed by atoms with Gasteiger partial charge < -0.3 is 35.1 Å². The van der Waals surface area contributed by atoms with Crippen LogP contribution in [0.2, 0.25) is 0 Å². The van der Waals surface area contributed by atoms with Gasteiger partial charge in [-0.2, -0.15) is 0 Å². The smallest absolute Gasteiger partial charge is 0.338 e. The molecule has 1 aliphatic heterocycles. The number of benzene rings is 3. The number of ether oxygens (including phenoxy) is 3. The van der Waals surface area contributed by atoms with Gasteiger partial charge in [0.25, 0.3) is 0 Å². The second-order valence-corrected chi connectivity index (χ2v) is 11.8. The van der Waals surface area contributed by atoms with E-state index >= 15 is 0 Å². The van der Waals surface area contributed by atoms with Gasteiger partial charge in [0.2, 0.25) is 17.6 Å². The van der Waals surface area contributed by atoms with Crippen molar-refractivity contribution in [2.75, 3.05) is 13.2 Å². The fourth-order valence-corrected chi connectivity index (χ4v) is 5.88. The van der Waals surface area contributed by atoms with Gasteiger partial charge in [-0.15, -0.1) is 0 Å². The molecule has 1 fully saturated rings. The largest absolute Gasteiger partial charge is 0.456 e. The summed E-state index contributed by atoms with van der Waals surface area (Å²) in [5.41, 5.74) is 1.99. The van der Waals surface area contributed by atoms with Crippen LogP contribution in [0.15, 0.2) is 96.6 Å². The Morgan fingerprint density at radius 1 is 1.00 bits per heavy atom. The molecule has 44 heavy (non-hydrogen) atoms. The van der Waals surface area contributed by atoms with Crippen molar-refractivity contribution in [3.8, 4) is 0 Å². The van der Waals surface area contributed by atoms with Crippen molar-refractivity contribution >= 4 is 40.4 Å². The van der Waals surface area contributed by atoms with Gasteiger partial charge in [0.1, 0.15) is 24.4 Å². The van der Waals surface area contributed by atoms with Crippen LogP contribution >= 0.6 is 22.6 Å². The van der Waals surface area contributed by atoms with Gasteiger partial charge in [0, 0.05) is 33.2 Å². The van der Waals surface area contributed by atoms with E-state index in [0.29, 0.717) is 5.56 Å². The molecule has 11 heteroatoms. The highest BCUT2D eigenvalue weighted by Crippen LogP contribution is 2.47. The summed E-state index contributed by atoms with van der Waals surface area (Å²) in [6.45, 7) is 1.05. The Labute approximate surface area is 268 Å². The molecule has 2 aliphatic rings. The highest BCUT2D eigenvalue weighted by molar-refractivity contribution is 14.1. The lowest BCUT2D eigenvalue weighted by molar-refractivity contribution is -0.157. The summed E-state index contributed by atoms with van der Waals surface area (Å²) in [6, 6.07) is 24.5. The normalized spacial score (nSPS) is 21.7. The average Bonchev–Trinajstić information content (AvgIpc) is 3.44. The summed E-state index contributed by atoms with van der Waals surface area (Å²) < 4.78 is 20.3. The second-order valence-electron chi connectivity index (χ2n) is 10.6. The molecule has 2 amide bonds. The molecule has 1 heterocycles. The molecule has 3 aromatic carbocycles. The van der Waals surface area contributed by atoms with Crippen LogP contribution in [-0.4, -0.2) is 71.6 Å².